The first-order chi connectivity index (χ1) is 15.7. The normalized spacial score (nSPS) is 10.4. The summed E-state index contributed by atoms with van der Waals surface area (Å²) in [4.78, 5) is 23.3. The number of esters is 1. The first kappa shape index (κ1) is 23.2. The summed E-state index contributed by atoms with van der Waals surface area (Å²) in [5.74, 6) is -0.971. The summed E-state index contributed by atoms with van der Waals surface area (Å²) in [6.45, 7) is 3.55. The second-order valence-electron chi connectivity index (χ2n) is 7.06. The quantitative estimate of drug-likeness (QED) is 0.336. The molecule has 0 unspecified atom stereocenters. The zero-order valence-corrected chi connectivity index (χ0v) is 17.9. The number of phenolic OH excluding ortho intramolecular Hbond substituents is 4. The van der Waals surface area contributed by atoms with Crippen molar-refractivity contribution in [2.45, 2.75) is 13.8 Å². The molecule has 1 aromatic heterocycles. The maximum atomic E-state index is 12.0. The van der Waals surface area contributed by atoms with E-state index in [9.17, 15) is 24.9 Å². The van der Waals surface area contributed by atoms with Crippen molar-refractivity contribution in [1.82, 2.24) is 0 Å². The van der Waals surface area contributed by atoms with Crippen LogP contribution in [-0.4, -0.2) is 33.0 Å². The van der Waals surface area contributed by atoms with Crippen LogP contribution in [0.25, 0.3) is 22.3 Å². The molecule has 0 saturated carbocycles. The fraction of sp³-hybridized carbons (Fsp3) is 0.120. The van der Waals surface area contributed by atoms with Crippen molar-refractivity contribution in [2.24, 2.45) is 0 Å². The highest BCUT2D eigenvalue weighted by molar-refractivity contribution is 5.94. The van der Waals surface area contributed by atoms with Gasteiger partial charge in [-0.2, -0.15) is 0 Å². The maximum absolute atomic E-state index is 12.0. The summed E-state index contributed by atoms with van der Waals surface area (Å²) >= 11 is 0. The summed E-state index contributed by atoms with van der Waals surface area (Å²) < 4.78 is 10.3. The second kappa shape index (κ2) is 9.78. The molecule has 3 aromatic carbocycles. The molecular formula is C25H22O8. The SMILES string of the molecule is CCOC(=O)c1c(C)cc(O)cc1O.O=c1cc(-c2ccccc2)oc2cc(O)cc(O)c12. The molecule has 0 spiro atoms. The zero-order valence-electron chi connectivity index (χ0n) is 17.9. The fourth-order valence-corrected chi connectivity index (χ4v) is 3.22. The fourth-order valence-electron chi connectivity index (χ4n) is 3.22. The van der Waals surface area contributed by atoms with Crippen LogP contribution >= 0.6 is 0 Å². The number of benzene rings is 3. The van der Waals surface area contributed by atoms with Gasteiger partial charge in [-0.3, -0.25) is 4.79 Å². The molecule has 8 nitrogen and oxygen atoms in total. The van der Waals surface area contributed by atoms with E-state index in [1.165, 1.54) is 18.2 Å². The number of aromatic hydroxyl groups is 4. The third kappa shape index (κ3) is 5.24. The van der Waals surface area contributed by atoms with Crippen molar-refractivity contribution in [3.8, 4) is 34.3 Å². The smallest absolute Gasteiger partial charge is 0.342 e. The van der Waals surface area contributed by atoms with Crippen LogP contribution < -0.4 is 5.43 Å². The number of phenols is 4. The summed E-state index contributed by atoms with van der Waals surface area (Å²) in [5, 5.41) is 37.7. The molecule has 4 N–H and O–H groups in total. The predicted molar refractivity (Wildman–Crippen MR) is 122 cm³/mol. The number of hydrogen-bond donors (Lipinski definition) is 4. The number of ether oxygens (including phenoxy) is 1. The summed E-state index contributed by atoms with van der Waals surface area (Å²) in [5.41, 5.74) is 1.15. The number of hydrogen-bond acceptors (Lipinski definition) is 8. The third-order valence-electron chi connectivity index (χ3n) is 4.63. The Morgan fingerprint density at radius 3 is 2.18 bits per heavy atom. The van der Waals surface area contributed by atoms with Crippen molar-refractivity contribution in [3.05, 3.63) is 82.0 Å². The molecule has 0 atom stereocenters. The van der Waals surface area contributed by atoms with E-state index >= 15 is 0 Å². The van der Waals surface area contributed by atoms with Crippen LogP contribution in [-0.2, 0) is 4.74 Å². The van der Waals surface area contributed by atoms with Gasteiger partial charge in [0.15, 0.2) is 5.43 Å². The van der Waals surface area contributed by atoms with Gasteiger partial charge >= 0.3 is 5.97 Å². The van der Waals surface area contributed by atoms with Crippen molar-refractivity contribution >= 4 is 16.9 Å². The molecular weight excluding hydrogens is 428 g/mol. The van der Waals surface area contributed by atoms with Gasteiger partial charge in [0.25, 0.3) is 0 Å². The number of carbonyl (C=O) groups is 1. The standard InChI is InChI=1S/C15H10O4.C10H12O4/c16-10-6-11(17)15-12(18)8-13(19-14(15)7-10)9-4-2-1-3-5-9;1-3-14-10(13)9-6(2)4-7(11)5-8(9)12/h1-8,16-17H;4-5,11-12H,3H2,1-2H3. The Morgan fingerprint density at radius 1 is 0.909 bits per heavy atom. The van der Waals surface area contributed by atoms with Crippen LogP contribution in [0.1, 0.15) is 22.8 Å². The molecule has 170 valence electrons. The Bertz CT molecular complexity index is 1330. The summed E-state index contributed by atoms with van der Waals surface area (Å²) in [6, 6.07) is 15.4. The van der Waals surface area contributed by atoms with Gasteiger partial charge in [-0.05, 0) is 25.5 Å². The molecule has 0 saturated heterocycles. The zero-order chi connectivity index (χ0) is 24.1. The highest BCUT2D eigenvalue weighted by atomic mass is 16.5. The molecule has 0 aliphatic carbocycles. The van der Waals surface area contributed by atoms with E-state index in [1.807, 2.05) is 30.3 Å². The Labute approximate surface area is 188 Å². The largest absolute Gasteiger partial charge is 0.508 e. The first-order valence-corrected chi connectivity index (χ1v) is 9.96. The summed E-state index contributed by atoms with van der Waals surface area (Å²) in [7, 11) is 0. The van der Waals surface area contributed by atoms with E-state index in [2.05, 4.69) is 0 Å². The Balaban J connectivity index is 0.000000196. The van der Waals surface area contributed by atoms with Gasteiger partial charge in [0.2, 0.25) is 0 Å². The van der Waals surface area contributed by atoms with Crippen LogP contribution in [0.3, 0.4) is 0 Å². The van der Waals surface area contributed by atoms with E-state index in [1.54, 1.807) is 13.8 Å². The Morgan fingerprint density at radius 2 is 1.55 bits per heavy atom. The lowest BCUT2D eigenvalue weighted by Crippen LogP contribution is -2.06. The molecule has 8 heteroatoms. The average molecular weight is 450 g/mol. The van der Waals surface area contributed by atoms with E-state index < -0.39 is 5.97 Å². The van der Waals surface area contributed by atoms with Crippen molar-refractivity contribution < 1.29 is 34.4 Å². The first-order valence-electron chi connectivity index (χ1n) is 9.96. The van der Waals surface area contributed by atoms with Crippen LogP contribution in [0.15, 0.2) is 69.9 Å². The molecule has 0 aliphatic heterocycles. The highest BCUT2D eigenvalue weighted by Gasteiger charge is 2.16. The van der Waals surface area contributed by atoms with E-state index in [4.69, 9.17) is 14.3 Å². The Hall–Kier alpha value is -4.46. The monoisotopic (exact) mass is 450 g/mol. The third-order valence-corrected chi connectivity index (χ3v) is 4.63. The van der Waals surface area contributed by atoms with Crippen molar-refractivity contribution in [3.63, 3.8) is 0 Å². The van der Waals surface area contributed by atoms with Gasteiger partial charge < -0.3 is 29.6 Å². The molecule has 0 fully saturated rings. The molecule has 0 bridgehead atoms. The maximum Gasteiger partial charge on any atom is 0.342 e. The molecule has 0 radical (unpaired) electrons. The molecule has 0 aliphatic rings. The van der Waals surface area contributed by atoms with Gasteiger partial charge in [-0.1, -0.05) is 30.3 Å². The van der Waals surface area contributed by atoms with Gasteiger partial charge in [0, 0.05) is 29.8 Å². The van der Waals surface area contributed by atoms with Gasteiger partial charge in [-0.25, -0.2) is 4.79 Å². The van der Waals surface area contributed by atoms with Crippen LogP contribution in [0.4, 0.5) is 0 Å². The van der Waals surface area contributed by atoms with Gasteiger partial charge in [0.05, 0.1) is 6.61 Å². The highest BCUT2D eigenvalue weighted by Crippen LogP contribution is 2.30. The number of aryl methyl sites for hydroxylation is 1. The molecule has 4 rings (SSSR count). The Kier molecular flexibility index (Phi) is 6.88. The van der Waals surface area contributed by atoms with Crippen LogP contribution in [0.2, 0.25) is 0 Å². The lowest BCUT2D eigenvalue weighted by molar-refractivity contribution is 0.0522. The van der Waals surface area contributed by atoms with Crippen LogP contribution in [0, 0.1) is 6.92 Å². The van der Waals surface area contributed by atoms with E-state index in [-0.39, 0.29) is 51.6 Å². The minimum absolute atomic E-state index is 0.0671. The number of carbonyl (C=O) groups excluding carboxylic acids is 1. The van der Waals surface area contributed by atoms with E-state index in [0.717, 1.165) is 17.7 Å². The molecule has 0 amide bonds. The topological polar surface area (TPSA) is 137 Å². The molecule has 33 heavy (non-hydrogen) atoms. The predicted octanol–water partition coefficient (Wildman–Crippen LogP) is 4.45. The second-order valence-corrected chi connectivity index (χ2v) is 7.06. The molecule has 1 heterocycles. The molecule has 4 aromatic rings. The lowest BCUT2D eigenvalue weighted by Gasteiger charge is -2.07. The van der Waals surface area contributed by atoms with Gasteiger partial charge in [0.1, 0.15) is 45.3 Å². The van der Waals surface area contributed by atoms with Crippen molar-refractivity contribution in [1.29, 1.82) is 0 Å². The lowest BCUT2D eigenvalue weighted by atomic mass is 10.1. The van der Waals surface area contributed by atoms with Crippen LogP contribution in [0.5, 0.6) is 23.0 Å². The number of rotatable bonds is 3. The van der Waals surface area contributed by atoms with E-state index in [0.29, 0.717) is 11.3 Å². The van der Waals surface area contributed by atoms with Gasteiger partial charge in [-0.15, -0.1) is 0 Å². The average Bonchev–Trinajstić information content (AvgIpc) is 2.73. The number of fused-ring (bicyclic) bond motifs is 1. The van der Waals surface area contributed by atoms with Crippen molar-refractivity contribution in [2.75, 3.05) is 6.61 Å². The minimum atomic E-state index is -0.581. The summed E-state index contributed by atoms with van der Waals surface area (Å²) in [6.07, 6.45) is 0. The minimum Gasteiger partial charge on any atom is -0.508 e.